The molecule has 2 aromatic rings. The average Bonchev–Trinajstić information content (AvgIpc) is 2.80. The molecular formula is C24H28F2N4O. The fourth-order valence-electron chi connectivity index (χ4n) is 4.60. The Hall–Kier alpha value is -2.83. The minimum atomic E-state index is -2.68. The smallest absolute Gasteiger partial charge is 0.318 e. The molecule has 4 rings (SSSR count). The lowest BCUT2D eigenvalue weighted by molar-refractivity contribution is 0.145. The molecule has 7 heteroatoms. The summed E-state index contributed by atoms with van der Waals surface area (Å²) in [5, 5.41) is 2.97. The van der Waals surface area contributed by atoms with Crippen LogP contribution in [0.3, 0.4) is 0 Å². The Labute approximate surface area is 181 Å². The third-order valence-electron chi connectivity index (χ3n) is 6.32. The summed E-state index contributed by atoms with van der Waals surface area (Å²) in [7, 11) is 0. The monoisotopic (exact) mass is 426 g/mol. The van der Waals surface area contributed by atoms with Crippen molar-refractivity contribution in [3.05, 3.63) is 59.7 Å². The summed E-state index contributed by atoms with van der Waals surface area (Å²) >= 11 is 0. The van der Waals surface area contributed by atoms with Gasteiger partial charge in [-0.25, -0.2) is 13.6 Å². The molecule has 0 saturated heterocycles. The van der Waals surface area contributed by atoms with Crippen molar-refractivity contribution in [1.82, 2.24) is 14.9 Å². The highest BCUT2D eigenvalue weighted by atomic mass is 19.3. The van der Waals surface area contributed by atoms with Crippen molar-refractivity contribution >= 4 is 17.3 Å². The molecule has 0 unspecified atom stereocenters. The van der Waals surface area contributed by atoms with Crippen LogP contribution in [-0.2, 0) is 0 Å². The molecule has 31 heavy (non-hydrogen) atoms. The molecule has 5 nitrogen and oxygen atoms in total. The minimum Gasteiger partial charge on any atom is -0.318 e. The van der Waals surface area contributed by atoms with Gasteiger partial charge >= 0.3 is 6.03 Å². The fourth-order valence-corrected chi connectivity index (χ4v) is 4.60. The molecule has 1 N–H and O–H groups in total. The molecule has 0 bridgehead atoms. The zero-order valence-electron chi connectivity index (χ0n) is 17.7. The molecule has 1 aliphatic carbocycles. The number of amides is 2. The number of carbonyl (C=O) groups is 1. The topological polar surface area (TPSA) is 58.1 Å². The summed E-state index contributed by atoms with van der Waals surface area (Å²) in [6.45, 7) is 2.25. The van der Waals surface area contributed by atoms with Crippen LogP contribution in [0, 0.1) is 0 Å². The van der Waals surface area contributed by atoms with E-state index in [0.29, 0.717) is 24.5 Å². The molecular weight excluding hydrogens is 398 g/mol. The van der Waals surface area contributed by atoms with E-state index in [0.717, 1.165) is 5.69 Å². The lowest BCUT2D eigenvalue weighted by Crippen LogP contribution is -2.43. The van der Waals surface area contributed by atoms with E-state index in [9.17, 15) is 13.6 Å². The quantitative estimate of drug-likeness (QED) is 0.636. The molecule has 1 fully saturated rings. The third-order valence-corrected chi connectivity index (χ3v) is 6.32. The van der Waals surface area contributed by atoms with E-state index in [1.165, 1.54) is 50.1 Å². The highest BCUT2D eigenvalue weighted by Gasteiger charge is 2.28. The van der Waals surface area contributed by atoms with Crippen LogP contribution in [0.15, 0.2) is 42.7 Å². The first-order chi connectivity index (χ1) is 15.0. The fraction of sp³-hybridized carbons (Fsp3) is 0.458. The Balaban J connectivity index is 1.41. The van der Waals surface area contributed by atoms with Gasteiger partial charge in [-0.1, -0.05) is 37.5 Å². The van der Waals surface area contributed by atoms with Gasteiger partial charge in [-0.15, -0.1) is 0 Å². The standard InChI is InChI=1S/C24H28F2N4O/c1-16-15-19(21-22(23(25)26)28-13-12-27-21)11-14-30(16)24(31)29-20-9-7-18(8-10-20)17-5-3-2-4-6-17/h7-13,16-17,23H,2-6,14-15H2,1H3,(H,29,31)/t16-/m0/s1. The van der Waals surface area contributed by atoms with Crippen molar-refractivity contribution in [3.63, 3.8) is 0 Å². The summed E-state index contributed by atoms with van der Waals surface area (Å²) in [5.41, 5.74) is 2.73. The molecule has 1 aliphatic heterocycles. The summed E-state index contributed by atoms with van der Waals surface area (Å²) in [6.07, 6.45) is 8.65. The summed E-state index contributed by atoms with van der Waals surface area (Å²) in [5.74, 6) is 0.628. The zero-order valence-corrected chi connectivity index (χ0v) is 17.7. The number of carbonyl (C=O) groups excluding carboxylic acids is 1. The first-order valence-corrected chi connectivity index (χ1v) is 11.0. The highest BCUT2D eigenvalue weighted by molar-refractivity contribution is 5.90. The molecule has 1 aromatic heterocycles. The number of rotatable bonds is 4. The van der Waals surface area contributed by atoms with Gasteiger partial charge in [-0.05, 0) is 55.4 Å². The number of anilines is 1. The molecule has 2 aliphatic rings. The number of halogens is 2. The summed E-state index contributed by atoms with van der Waals surface area (Å²) in [6, 6.07) is 7.82. The molecule has 1 aromatic carbocycles. The van der Waals surface area contributed by atoms with Gasteiger partial charge in [0.05, 0.1) is 5.69 Å². The second-order valence-corrected chi connectivity index (χ2v) is 8.41. The Bertz CT molecular complexity index is 939. The Kier molecular flexibility index (Phi) is 6.59. The maximum Gasteiger partial charge on any atom is 0.322 e. The third kappa shape index (κ3) is 4.92. The van der Waals surface area contributed by atoms with Crippen LogP contribution in [0.2, 0.25) is 0 Å². The van der Waals surface area contributed by atoms with Crippen molar-refractivity contribution < 1.29 is 13.6 Å². The van der Waals surface area contributed by atoms with E-state index >= 15 is 0 Å². The van der Waals surface area contributed by atoms with Crippen LogP contribution in [0.25, 0.3) is 5.57 Å². The maximum absolute atomic E-state index is 13.3. The molecule has 0 radical (unpaired) electrons. The van der Waals surface area contributed by atoms with Crippen LogP contribution in [-0.4, -0.2) is 33.5 Å². The van der Waals surface area contributed by atoms with Crippen LogP contribution < -0.4 is 5.32 Å². The summed E-state index contributed by atoms with van der Waals surface area (Å²) < 4.78 is 26.5. The number of hydrogen-bond donors (Lipinski definition) is 1. The van der Waals surface area contributed by atoms with Gasteiger partial charge in [-0.3, -0.25) is 9.97 Å². The van der Waals surface area contributed by atoms with Crippen molar-refractivity contribution in [2.24, 2.45) is 0 Å². The average molecular weight is 427 g/mol. The second kappa shape index (κ2) is 9.54. The van der Waals surface area contributed by atoms with E-state index in [-0.39, 0.29) is 23.5 Å². The van der Waals surface area contributed by atoms with Crippen molar-refractivity contribution in [2.75, 3.05) is 11.9 Å². The predicted molar refractivity (Wildman–Crippen MR) is 117 cm³/mol. The highest BCUT2D eigenvalue weighted by Crippen LogP contribution is 2.33. The van der Waals surface area contributed by atoms with Gasteiger partial charge in [0.15, 0.2) is 0 Å². The first-order valence-electron chi connectivity index (χ1n) is 11.0. The number of benzene rings is 1. The number of alkyl halides is 2. The van der Waals surface area contributed by atoms with Gasteiger partial charge < -0.3 is 10.2 Å². The lowest BCUT2D eigenvalue weighted by atomic mass is 9.84. The van der Waals surface area contributed by atoms with E-state index in [1.807, 2.05) is 19.1 Å². The number of urea groups is 1. The molecule has 2 heterocycles. The predicted octanol–water partition coefficient (Wildman–Crippen LogP) is 6.17. The SMILES string of the molecule is C[C@H]1CC(c2nccnc2C(F)F)=CCN1C(=O)Nc1ccc(C2CCCCC2)cc1. The van der Waals surface area contributed by atoms with Gasteiger partial charge in [0, 0.05) is 30.7 Å². The molecule has 1 atom stereocenters. The zero-order chi connectivity index (χ0) is 21.8. The van der Waals surface area contributed by atoms with Gasteiger partial charge in [0.1, 0.15) is 5.69 Å². The van der Waals surface area contributed by atoms with Crippen LogP contribution in [0.5, 0.6) is 0 Å². The van der Waals surface area contributed by atoms with E-state index in [2.05, 4.69) is 27.4 Å². The molecule has 1 saturated carbocycles. The van der Waals surface area contributed by atoms with E-state index in [4.69, 9.17) is 0 Å². The Morgan fingerprint density at radius 3 is 2.48 bits per heavy atom. The van der Waals surface area contributed by atoms with Crippen molar-refractivity contribution in [2.45, 2.75) is 63.8 Å². The van der Waals surface area contributed by atoms with Crippen molar-refractivity contribution in [3.8, 4) is 0 Å². The Morgan fingerprint density at radius 1 is 1.10 bits per heavy atom. The molecule has 2 amide bonds. The summed E-state index contributed by atoms with van der Waals surface area (Å²) in [4.78, 5) is 22.4. The largest absolute Gasteiger partial charge is 0.322 e. The lowest BCUT2D eigenvalue weighted by Gasteiger charge is -2.33. The number of hydrogen-bond acceptors (Lipinski definition) is 3. The normalized spacial score (nSPS) is 19.9. The maximum atomic E-state index is 13.3. The number of nitrogens with one attached hydrogen (secondary N) is 1. The second-order valence-electron chi connectivity index (χ2n) is 8.41. The molecule has 164 valence electrons. The van der Waals surface area contributed by atoms with Crippen LogP contribution in [0.1, 0.15) is 74.7 Å². The first kappa shape index (κ1) is 21.4. The van der Waals surface area contributed by atoms with E-state index in [1.54, 1.807) is 11.0 Å². The van der Waals surface area contributed by atoms with Gasteiger partial charge in [0.2, 0.25) is 0 Å². The van der Waals surface area contributed by atoms with Crippen LogP contribution >= 0.6 is 0 Å². The minimum absolute atomic E-state index is 0.144. The molecule has 0 spiro atoms. The van der Waals surface area contributed by atoms with Gasteiger partial charge in [-0.2, -0.15) is 0 Å². The number of nitrogens with zero attached hydrogens (tertiary/aromatic N) is 3. The van der Waals surface area contributed by atoms with Gasteiger partial charge in [0.25, 0.3) is 6.43 Å². The van der Waals surface area contributed by atoms with Crippen LogP contribution in [0.4, 0.5) is 19.3 Å². The number of aromatic nitrogens is 2. The Morgan fingerprint density at radius 2 is 1.81 bits per heavy atom. The van der Waals surface area contributed by atoms with E-state index < -0.39 is 6.43 Å². The van der Waals surface area contributed by atoms with Crippen molar-refractivity contribution in [1.29, 1.82) is 0 Å².